The third-order valence-electron chi connectivity index (χ3n) is 6.25. The van der Waals surface area contributed by atoms with Crippen LogP contribution in [0.3, 0.4) is 0 Å². The molecule has 1 aliphatic rings. The predicted octanol–water partition coefficient (Wildman–Crippen LogP) is 4.07. The van der Waals surface area contributed by atoms with E-state index in [9.17, 15) is 18.0 Å². The number of hydrogen-bond acceptors (Lipinski definition) is 6. The number of ether oxygens (including phenoxy) is 2. The number of rotatable bonds is 10. The van der Waals surface area contributed by atoms with Crippen molar-refractivity contribution >= 4 is 27.5 Å². The first kappa shape index (κ1) is 25.9. The second-order valence-electron chi connectivity index (χ2n) is 8.62. The van der Waals surface area contributed by atoms with Crippen LogP contribution in [0.4, 0.5) is 5.69 Å². The average Bonchev–Trinajstić information content (AvgIpc) is 3.00. The summed E-state index contributed by atoms with van der Waals surface area (Å²) in [4.78, 5) is 25.8. The Morgan fingerprint density at radius 3 is 2.41 bits per heavy atom. The molecular formula is C26H33NO6S. The lowest BCUT2D eigenvalue weighted by Gasteiger charge is -2.30. The van der Waals surface area contributed by atoms with Gasteiger partial charge in [-0.15, -0.1) is 0 Å². The Hall–Kier alpha value is -2.71. The van der Waals surface area contributed by atoms with E-state index in [2.05, 4.69) is 0 Å². The first-order chi connectivity index (χ1) is 16.2. The average molecular weight is 488 g/mol. The molecule has 1 aliphatic heterocycles. The number of para-hydroxylation sites is 1. The molecule has 0 amide bonds. The minimum atomic E-state index is -3.85. The van der Waals surface area contributed by atoms with Crippen LogP contribution in [0, 0.1) is 12.3 Å². The summed E-state index contributed by atoms with van der Waals surface area (Å²) >= 11 is 0. The number of ketones is 1. The fourth-order valence-corrected chi connectivity index (χ4v) is 5.82. The van der Waals surface area contributed by atoms with Crippen LogP contribution >= 0.6 is 0 Å². The zero-order valence-electron chi connectivity index (χ0n) is 20.1. The number of anilines is 1. The SMILES string of the molecule is CCOCC(=O)CCC1(C(=O)OCC)CCN(S(=O)(=O)c2ccc(C)cc2)c2ccccc2C1. The number of fused-ring (bicyclic) bond motifs is 1. The van der Waals surface area contributed by atoms with Crippen molar-refractivity contribution in [2.45, 2.75) is 51.3 Å². The zero-order chi connectivity index (χ0) is 24.8. The van der Waals surface area contributed by atoms with Crippen molar-refractivity contribution in [1.82, 2.24) is 0 Å². The molecule has 0 radical (unpaired) electrons. The third-order valence-corrected chi connectivity index (χ3v) is 8.08. The molecule has 2 aromatic rings. The van der Waals surface area contributed by atoms with Gasteiger partial charge in [0.2, 0.25) is 0 Å². The van der Waals surface area contributed by atoms with Crippen LogP contribution in [0.15, 0.2) is 53.4 Å². The molecule has 184 valence electrons. The first-order valence-electron chi connectivity index (χ1n) is 11.7. The highest BCUT2D eigenvalue weighted by atomic mass is 32.2. The number of esters is 1. The molecular weight excluding hydrogens is 454 g/mol. The van der Waals surface area contributed by atoms with Crippen molar-refractivity contribution in [2.24, 2.45) is 5.41 Å². The van der Waals surface area contributed by atoms with Crippen molar-refractivity contribution in [3.63, 3.8) is 0 Å². The molecule has 0 fully saturated rings. The molecule has 34 heavy (non-hydrogen) atoms. The highest BCUT2D eigenvalue weighted by Gasteiger charge is 2.44. The summed E-state index contributed by atoms with van der Waals surface area (Å²) in [7, 11) is -3.85. The van der Waals surface area contributed by atoms with E-state index in [1.165, 1.54) is 4.31 Å². The summed E-state index contributed by atoms with van der Waals surface area (Å²) in [5, 5.41) is 0. The van der Waals surface area contributed by atoms with E-state index < -0.39 is 21.4 Å². The van der Waals surface area contributed by atoms with Gasteiger partial charge in [-0.05, 0) is 63.8 Å². The number of nitrogens with zero attached hydrogens (tertiary/aromatic N) is 1. The topological polar surface area (TPSA) is 90.0 Å². The van der Waals surface area contributed by atoms with Gasteiger partial charge >= 0.3 is 5.97 Å². The van der Waals surface area contributed by atoms with Gasteiger partial charge in [-0.2, -0.15) is 0 Å². The van der Waals surface area contributed by atoms with Gasteiger partial charge < -0.3 is 9.47 Å². The standard InChI is InChI=1S/C26H33NO6S/c1-4-32-19-22(28)14-15-26(25(29)33-5-2)16-17-27(24-9-7-6-8-21(24)18-26)34(30,31)23-12-10-20(3)11-13-23/h6-13H,4-5,14-19H2,1-3H3. The van der Waals surface area contributed by atoms with Crippen LogP contribution in [0.2, 0.25) is 0 Å². The molecule has 3 rings (SSSR count). The summed E-state index contributed by atoms with van der Waals surface area (Å²) in [6.45, 7) is 6.21. The Labute approximate surface area is 202 Å². The second kappa shape index (κ2) is 11.1. The number of Topliss-reactive ketones (excluding diaryl/α,β-unsaturated/α-hetero) is 1. The maximum absolute atomic E-state index is 13.6. The smallest absolute Gasteiger partial charge is 0.312 e. The van der Waals surface area contributed by atoms with Gasteiger partial charge in [0.1, 0.15) is 6.61 Å². The lowest BCUT2D eigenvalue weighted by atomic mass is 9.75. The van der Waals surface area contributed by atoms with E-state index in [4.69, 9.17) is 9.47 Å². The van der Waals surface area contributed by atoms with E-state index in [-0.39, 0.29) is 49.7 Å². The molecule has 8 heteroatoms. The Morgan fingerprint density at radius 2 is 1.74 bits per heavy atom. The molecule has 1 unspecified atom stereocenters. The molecule has 7 nitrogen and oxygen atoms in total. The molecule has 1 atom stereocenters. The maximum atomic E-state index is 13.6. The number of benzene rings is 2. The van der Waals surface area contributed by atoms with Crippen LogP contribution in [-0.4, -0.2) is 46.5 Å². The van der Waals surface area contributed by atoms with Gasteiger partial charge in [-0.25, -0.2) is 8.42 Å². The van der Waals surface area contributed by atoms with Gasteiger partial charge in [0.15, 0.2) is 5.78 Å². The highest BCUT2D eigenvalue weighted by Crippen LogP contribution is 2.42. The maximum Gasteiger partial charge on any atom is 0.312 e. The number of carbonyl (C=O) groups excluding carboxylic acids is 2. The number of sulfonamides is 1. The largest absolute Gasteiger partial charge is 0.466 e. The van der Waals surface area contributed by atoms with Crippen LogP contribution in [0.5, 0.6) is 0 Å². The van der Waals surface area contributed by atoms with Crippen LogP contribution < -0.4 is 4.31 Å². The predicted molar refractivity (Wildman–Crippen MR) is 130 cm³/mol. The van der Waals surface area contributed by atoms with Crippen LogP contribution in [0.1, 0.15) is 44.2 Å². The van der Waals surface area contributed by atoms with Crippen molar-refractivity contribution in [3.8, 4) is 0 Å². The van der Waals surface area contributed by atoms with Gasteiger partial charge in [0.25, 0.3) is 10.0 Å². The lowest BCUT2D eigenvalue weighted by molar-refractivity contribution is -0.156. The molecule has 0 aliphatic carbocycles. The van der Waals surface area contributed by atoms with Gasteiger partial charge in [0, 0.05) is 19.6 Å². The molecule has 0 aromatic heterocycles. The molecule has 0 spiro atoms. The van der Waals surface area contributed by atoms with E-state index in [0.717, 1.165) is 11.1 Å². The summed E-state index contributed by atoms with van der Waals surface area (Å²) in [6, 6.07) is 14.0. The first-order valence-corrected chi connectivity index (χ1v) is 13.1. The van der Waals surface area contributed by atoms with Crippen LogP contribution in [-0.2, 0) is 35.5 Å². The van der Waals surface area contributed by atoms with E-state index in [0.29, 0.717) is 18.7 Å². The van der Waals surface area contributed by atoms with Crippen molar-refractivity contribution in [2.75, 3.05) is 30.7 Å². The Balaban J connectivity index is 2.00. The molecule has 0 bridgehead atoms. The third kappa shape index (κ3) is 5.67. The summed E-state index contributed by atoms with van der Waals surface area (Å²) in [6.07, 6.45) is 0.966. The van der Waals surface area contributed by atoms with Crippen molar-refractivity contribution in [3.05, 3.63) is 59.7 Å². The van der Waals surface area contributed by atoms with Gasteiger partial charge in [-0.1, -0.05) is 35.9 Å². The van der Waals surface area contributed by atoms with Gasteiger partial charge in [0.05, 0.1) is 22.6 Å². The quantitative estimate of drug-likeness (QED) is 0.469. The Morgan fingerprint density at radius 1 is 1.03 bits per heavy atom. The summed E-state index contributed by atoms with van der Waals surface area (Å²) in [5.74, 6) is -0.490. The molecule has 2 aromatic carbocycles. The Kier molecular flexibility index (Phi) is 8.49. The molecule has 0 saturated carbocycles. The molecule has 1 heterocycles. The highest BCUT2D eigenvalue weighted by molar-refractivity contribution is 7.92. The van der Waals surface area contributed by atoms with Crippen molar-refractivity contribution in [1.29, 1.82) is 0 Å². The monoisotopic (exact) mass is 487 g/mol. The number of aryl methyl sites for hydroxylation is 1. The van der Waals surface area contributed by atoms with Gasteiger partial charge in [-0.3, -0.25) is 13.9 Å². The molecule has 0 N–H and O–H groups in total. The minimum absolute atomic E-state index is 0.0000788. The Bertz CT molecular complexity index is 1110. The second-order valence-corrected chi connectivity index (χ2v) is 10.5. The minimum Gasteiger partial charge on any atom is -0.466 e. The fourth-order valence-electron chi connectivity index (χ4n) is 4.32. The number of carbonyl (C=O) groups is 2. The normalized spacial score (nSPS) is 18.1. The lowest BCUT2D eigenvalue weighted by Crippen LogP contribution is -2.39. The summed E-state index contributed by atoms with van der Waals surface area (Å²) in [5.41, 5.74) is 1.25. The van der Waals surface area contributed by atoms with E-state index in [1.54, 1.807) is 43.3 Å². The fraction of sp³-hybridized carbons (Fsp3) is 0.462. The van der Waals surface area contributed by atoms with E-state index >= 15 is 0 Å². The van der Waals surface area contributed by atoms with E-state index in [1.807, 2.05) is 26.0 Å². The van der Waals surface area contributed by atoms with Crippen LogP contribution in [0.25, 0.3) is 0 Å². The zero-order valence-corrected chi connectivity index (χ0v) is 20.9. The van der Waals surface area contributed by atoms with Crippen molar-refractivity contribution < 1.29 is 27.5 Å². The summed E-state index contributed by atoms with van der Waals surface area (Å²) < 4.78 is 39.3. The number of hydrogen-bond donors (Lipinski definition) is 0. The molecule has 0 saturated heterocycles.